The Kier molecular flexibility index (Phi) is 11.8. The molecule has 1 aliphatic rings. The van der Waals surface area contributed by atoms with Crippen LogP contribution in [0.5, 0.6) is 0 Å². The Morgan fingerprint density at radius 3 is 1.82 bits per heavy atom. The lowest BCUT2D eigenvalue weighted by Gasteiger charge is -2.34. The van der Waals surface area contributed by atoms with Gasteiger partial charge in [-0.3, -0.25) is 10.0 Å². The highest BCUT2D eigenvalue weighted by molar-refractivity contribution is 6.34. The lowest BCUT2D eigenvalue weighted by Crippen LogP contribution is -2.37. The molecule has 0 fully saturated rings. The van der Waals surface area contributed by atoms with Gasteiger partial charge in [0.25, 0.3) is 0 Å². The van der Waals surface area contributed by atoms with Gasteiger partial charge in [0, 0.05) is 30.1 Å². The highest BCUT2D eigenvalue weighted by Gasteiger charge is 2.49. The fourth-order valence-corrected chi connectivity index (χ4v) is 9.69. The number of fused-ring (bicyclic) bond motifs is 4. The lowest BCUT2D eigenvalue weighted by molar-refractivity contribution is -0.431. The number of aryl methyl sites for hydroxylation is 1. The molecule has 7 aromatic carbocycles. The maximum absolute atomic E-state index is 5.18. The first-order chi connectivity index (χ1) is 29.7. The first-order valence-corrected chi connectivity index (χ1v) is 21.8. The monoisotopic (exact) mass is 800 g/mol. The van der Waals surface area contributed by atoms with E-state index in [-0.39, 0.29) is 5.41 Å². The minimum atomic E-state index is -0.440. The molecule has 8 rings (SSSR count). The molecule has 5 nitrogen and oxygen atoms in total. The number of hydrazone groups is 2. The van der Waals surface area contributed by atoms with Gasteiger partial charge in [0.05, 0.1) is 23.0 Å². The molecule has 0 saturated heterocycles. The summed E-state index contributed by atoms with van der Waals surface area (Å²) in [5.74, 6) is 0. The number of allylic oxidation sites excluding steroid dienone is 1. The molecule has 0 radical (unpaired) electrons. The zero-order chi connectivity index (χ0) is 42.6. The summed E-state index contributed by atoms with van der Waals surface area (Å²) < 4.78 is 2.47. The van der Waals surface area contributed by atoms with Gasteiger partial charge in [-0.1, -0.05) is 135 Å². The molecule has 7 aromatic rings. The SMILES string of the molecule is C=C(C=NN(CC)c1ccccc1)C(C)(Cc1ccc(CC2(C)C(C=NN(CC)c3ccccc3)=[N+](CC)c3ccc4ccccc4c32)cc1)c1c(C)ccc2ccccc12. The molecule has 2 atom stereocenters. The van der Waals surface area contributed by atoms with Crippen molar-refractivity contribution in [2.24, 2.45) is 10.2 Å². The van der Waals surface area contributed by atoms with Crippen LogP contribution >= 0.6 is 0 Å². The zero-order valence-electron chi connectivity index (χ0n) is 36.6. The van der Waals surface area contributed by atoms with Crippen molar-refractivity contribution in [1.82, 2.24) is 0 Å². The molecule has 61 heavy (non-hydrogen) atoms. The van der Waals surface area contributed by atoms with Crippen LogP contribution in [0.25, 0.3) is 21.5 Å². The molecule has 0 aromatic heterocycles. The van der Waals surface area contributed by atoms with Gasteiger partial charge in [-0.05, 0) is 127 Å². The minimum Gasteiger partial charge on any atom is -0.266 e. The van der Waals surface area contributed by atoms with Crippen LogP contribution in [-0.2, 0) is 23.7 Å². The van der Waals surface area contributed by atoms with Crippen molar-refractivity contribution in [3.8, 4) is 0 Å². The fourth-order valence-electron chi connectivity index (χ4n) is 9.69. The molecule has 0 N–H and O–H groups in total. The number of benzene rings is 7. The van der Waals surface area contributed by atoms with Crippen molar-refractivity contribution >= 4 is 56.7 Å². The van der Waals surface area contributed by atoms with Crippen molar-refractivity contribution in [1.29, 1.82) is 0 Å². The second-order valence-corrected chi connectivity index (χ2v) is 16.7. The fraction of sp³-hybridized carbons (Fsp3) is 0.232. The standard InChI is InChI=1S/C56H58N5/c1-8-59-51-36-35-46-22-18-20-28-50(46)54(51)56(7,52(59)40-58-61(10-3)48-25-15-12-16-26-48)38-44-32-30-43(31-33-44)37-55(6,53-41(4)29-34-45-21-17-19-27-49(45)53)42(5)39-57-60(9-2)47-23-13-11-14-24-47/h11-36,39-40H,5,8-10,37-38H2,1-4,6-7H3/q+1. The van der Waals surface area contributed by atoms with Crippen LogP contribution < -0.4 is 10.0 Å². The van der Waals surface area contributed by atoms with E-state index in [0.717, 1.165) is 49.4 Å². The number of anilines is 2. The summed E-state index contributed by atoms with van der Waals surface area (Å²) in [6.07, 6.45) is 5.72. The van der Waals surface area contributed by atoms with E-state index in [1.165, 1.54) is 60.8 Å². The van der Waals surface area contributed by atoms with E-state index in [0.29, 0.717) is 0 Å². The third-order valence-corrected chi connectivity index (χ3v) is 12.8. The average Bonchev–Trinajstić information content (AvgIpc) is 3.54. The summed E-state index contributed by atoms with van der Waals surface area (Å²) in [7, 11) is 0. The van der Waals surface area contributed by atoms with Gasteiger partial charge in [-0.15, -0.1) is 0 Å². The molecule has 1 aliphatic heterocycles. The summed E-state index contributed by atoms with van der Waals surface area (Å²) in [4.78, 5) is 0. The van der Waals surface area contributed by atoms with Crippen LogP contribution in [0.4, 0.5) is 17.1 Å². The summed E-state index contributed by atoms with van der Waals surface area (Å²) >= 11 is 0. The van der Waals surface area contributed by atoms with Gasteiger partial charge in [-0.2, -0.15) is 14.8 Å². The van der Waals surface area contributed by atoms with Crippen LogP contribution in [0.2, 0.25) is 0 Å². The summed E-state index contributed by atoms with van der Waals surface area (Å²) in [5.41, 5.74) is 11.3. The molecular formula is C56H58N5+. The topological polar surface area (TPSA) is 34.2 Å². The highest BCUT2D eigenvalue weighted by atomic mass is 15.5. The first-order valence-electron chi connectivity index (χ1n) is 21.8. The predicted octanol–water partition coefficient (Wildman–Crippen LogP) is 13.0. The van der Waals surface area contributed by atoms with Gasteiger partial charge in [0.15, 0.2) is 0 Å². The number of nitrogens with zero attached hydrogens (tertiary/aromatic N) is 5. The third-order valence-electron chi connectivity index (χ3n) is 12.8. The molecule has 0 aliphatic carbocycles. The van der Waals surface area contributed by atoms with Crippen LogP contribution in [-0.4, -0.2) is 42.4 Å². The summed E-state index contributed by atoms with van der Waals surface area (Å²) in [5, 5.41) is 19.4. The number of hydrogen-bond acceptors (Lipinski definition) is 4. The molecule has 306 valence electrons. The van der Waals surface area contributed by atoms with E-state index >= 15 is 0 Å². The first kappa shape index (κ1) is 41.2. The third kappa shape index (κ3) is 7.93. The zero-order valence-corrected chi connectivity index (χ0v) is 36.6. The Morgan fingerprint density at radius 2 is 1.20 bits per heavy atom. The Hall–Kier alpha value is -6.59. The Balaban J connectivity index is 1.17. The van der Waals surface area contributed by atoms with Crippen LogP contribution in [0.3, 0.4) is 0 Å². The van der Waals surface area contributed by atoms with Crippen LogP contribution in [0.1, 0.15) is 62.4 Å². The molecule has 2 unspecified atom stereocenters. The smallest absolute Gasteiger partial charge is 0.213 e. The maximum Gasteiger partial charge on any atom is 0.213 e. The van der Waals surface area contributed by atoms with Gasteiger partial charge in [-0.25, -0.2) is 0 Å². The van der Waals surface area contributed by atoms with E-state index < -0.39 is 5.41 Å². The largest absolute Gasteiger partial charge is 0.266 e. The van der Waals surface area contributed by atoms with Crippen LogP contribution in [0.15, 0.2) is 180 Å². The second-order valence-electron chi connectivity index (χ2n) is 16.7. The molecule has 0 spiro atoms. The number of para-hydroxylation sites is 2. The van der Waals surface area contributed by atoms with Crippen molar-refractivity contribution in [3.63, 3.8) is 0 Å². The van der Waals surface area contributed by atoms with E-state index in [4.69, 9.17) is 16.8 Å². The maximum atomic E-state index is 5.18. The molecule has 1 heterocycles. The van der Waals surface area contributed by atoms with E-state index in [2.05, 4.69) is 209 Å². The highest BCUT2D eigenvalue weighted by Crippen LogP contribution is 2.46. The Morgan fingerprint density at radius 1 is 0.656 bits per heavy atom. The van der Waals surface area contributed by atoms with Gasteiger partial charge < -0.3 is 0 Å². The van der Waals surface area contributed by atoms with Crippen molar-refractivity contribution < 1.29 is 4.58 Å². The molecule has 0 saturated carbocycles. The van der Waals surface area contributed by atoms with E-state index in [1.807, 2.05) is 17.3 Å². The van der Waals surface area contributed by atoms with Crippen molar-refractivity contribution in [3.05, 3.63) is 198 Å². The molecule has 5 heteroatoms. The van der Waals surface area contributed by atoms with Gasteiger partial charge in [0.1, 0.15) is 12.8 Å². The summed E-state index contributed by atoms with van der Waals surface area (Å²) in [6.45, 7) is 20.7. The van der Waals surface area contributed by atoms with E-state index in [1.54, 1.807) is 0 Å². The summed E-state index contributed by atoms with van der Waals surface area (Å²) in [6, 6.07) is 56.8. The molecule has 0 amide bonds. The van der Waals surface area contributed by atoms with Gasteiger partial charge >= 0.3 is 0 Å². The number of hydrogen-bond donors (Lipinski definition) is 0. The van der Waals surface area contributed by atoms with Crippen LogP contribution in [0, 0.1) is 6.92 Å². The Bertz CT molecular complexity index is 2770. The van der Waals surface area contributed by atoms with E-state index in [9.17, 15) is 0 Å². The average molecular weight is 801 g/mol. The molecule has 0 bridgehead atoms. The normalized spacial score (nSPS) is 16.1. The Labute approximate surface area is 362 Å². The minimum absolute atomic E-state index is 0.337. The number of rotatable bonds is 15. The van der Waals surface area contributed by atoms with Crippen molar-refractivity contribution in [2.45, 2.75) is 65.2 Å². The van der Waals surface area contributed by atoms with Crippen molar-refractivity contribution in [2.75, 3.05) is 29.7 Å². The predicted molar refractivity (Wildman–Crippen MR) is 262 cm³/mol. The lowest BCUT2D eigenvalue weighted by atomic mass is 9.69. The second kappa shape index (κ2) is 17.6. The quantitative estimate of drug-likeness (QED) is 0.0588. The molecular weight excluding hydrogens is 743 g/mol. The van der Waals surface area contributed by atoms with Gasteiger partial charge in [0.2, 0.25) is 11.4 Å².